The zero-order chi connectivity index (χ0) is 16.9. The van der Waals surface area contributed by atoms with Crippen molar-refractivity contribution >= 4 is 15.9 Å². The molecule has 1 aromatic carbocycles. The maximum Gasteiger partial charge on any atom is 0.251 e. The fourth-order valence-corrected chi connectivity index (χ4v) is 3.70. The Morgan fingerprint density at radius 2 is 1.96 bits per heavy atom. The van der Waals surface area contributed by atoms with Crippen LogP contribution in [0.1, 0.15) is 36.0 Å². The molecule has 0 bridgehead atoms. The van der Waals surface area contributed by atoms with Gasteiger partial charge in [0.05, 0.1) is 4.90 Å². The van der Waals surface area contributed by atoms with E-state index in [2.05, 4.69) is 10.0 Å². The Balaban J connectivity index is 2.04. The standard InChI is InChI=1S/C16H25N3O3S/c1-19(2)11-10-17-23(21,22)15-9-5-6-13(12-15)16(20)18-14-7-3-4-8-14/h5-6,9,12,14,17H,3-4,7-8,10-11H2,1-2H3,(H,18,20). The Kier molecular flexibility index (Phi) is 6.15. The topological polar surface area (TPSA) is 78.5 Å². The van der Waals surface area contributed by atoms with Crippen LogP contribution in [0.2, 0.25) is 0 Å². The van der Waals surface area contributed by atoms with Gasteiger partial charge in [0.15, 0.2) is 0 Å². The molecular weight excluding hydrogens is 314 g/mol. The summed E-state index contributed by atoms with van der Waals surface area (Å²) in [5, 5.41) is 2.97. The molecule has 0 saturated heterocycles. The van der Waals surface area contributed by atoms with Crippen molar-refractivity contribution in [2.75, 3.05) is 27.2 Å². The number of carbonyl (C=O) groups excluding carboxylic acids is 1. The van der Waals surface area contributed by atoms with Gasteiger partial charge in [-0.1, -0.05) is 18.9 Å². The van der Waals surface area contributed by atoms with E-state index in [1.165, 1.54) is 12.1 Å². The van der Waals surface area contributed by atoms with Gasteiger partial charge < -0.3 is 10.2 Å². The first kappa shape index (κ1) is 17.9. The summed E-state index contributed by atoms with van der Waals surface area (Å²) < 4.78 is 27.1. The number of benzene rings is 1. The highest BCUT2D eigenvalue weighted by Gasteiger charge is 2.20. The van der Waals surface area contributed by atoms with E-state index in [-0.39, 0.29) is 16.8 Å². The second kappa shape index (κ2) is 7.90. The summed E-state index contributed by atoms with van der Waals surface area (Å²) in [5.74, 6) is -0.206. The van der Waals surface area contributed by atoms with Crippen LogP contribution in [0.25, 0.3) is 0 Å². The fourth-order valence-electron chi connectivity index (χ4n) is 2.63. The number of hydrogen-bond acceptors (Lipinski definition) is 4. The zero-order valence-corrected chi connectivity index (χ0v) is 14.5. The smallest absolute Gasteiger partial charge is 0.251 e. The molecule has 0 aliphatic heterocycles. The average Bonchev–Trinajstić information content (AvgIpc) is 2.99. The van der Waals surface area contributed by atoms with Crippen molar-refractivity contribution in [1.29, 1.82) is 0 Å². The summed E-state index contributed by atoms with van der Waals surface area (Å²) in [6.07, 6.45) is 4.26. The van der Waals surface area contributed by atoms with E-state index in [4.69, 9.17) is 0 Å². The lowest BCUT2D eigenvalue weighted by molar-refractivity contribution is 0.0937. The first-order valence-electron chi connectivity index (χ1n) is 7.94. The third-order valence-corrected chi connectivity index (χ3v) is 5.41. The second-order valence-corrected chi connectivity index (χ2v) is 7.95. The van der Waals surface area contributed by atoms with Gasteiger partial charge >= 0.3 is 0 Å². The third-order valence-electron chi connectivity index (χ3n) is 3.95. The Morgan fingerprint density at radius 1 is 1.26 bits per heavy atom. The number of nitrogens with one attached hydrogen (secondary N) is 2. The van der Waals surface area contributed by atoms with Crippen LogP contribution >= 0.6 is 0 Å². The molecule has 0 spiro atoms. The number of rotatable bonds is 7. The van der Waals surface area contributed by atoms with Crippen molar-refractivity contribution in [3.63, 3.8) is 0 Å². The lowest BCUT2D eigenvalue weighted by Gasteiger charge is -2.13. The van der Waals surface area contributed by atoms with E-state index < -0.39 is 10.0 Å². The van der Waals surface area contributed by atoms with Crippen LogP contribution in [-0.4, -0.2) is 52.5 Å². The summed E-state index contributed by atoms with van der Waals surface area (Å²) in [4.78, 5) is 14.3. The molecule has 7 heteroatoms. The molecule has 2 N–H and O–H groups in total. The van der Waals surface area contributed by atoms with Crippen LogP contribution in [0.5, 0.6) is 0 Å². The van der Waals surface area contributed by atoms with Crippen LogP contribution in [-0.2, 0) is 10.0 Å². The number of carbonyl (C=O) groups is 1. The molecule has 6 nitrogen and oxygen atoms in total. The molecule has 23 heavy (non-hydrogen) atoms. The van der Waals surface area contributed by atoms with Gasteiger partial charge in [-0.2, -0.15) is 0 Å². The molecule has 1 aromatic rings. The third kappa shape index (κ3) is 5.30. The largest absolute Gasteiger partial charge is 0.349 e. The van der Waals surface area contributed by atoms with Gasteiger partial charge in [0, 0.05) is 24.7 Å². The Morgan fingerprint density at radius 3 is 2.61 bits per heavy atom. The molecule has 128 valence electrons. The fraction of sp³-hybridized carbons (Fsp3) is 0.562. The highest BCUT2D eigenvalue weighted by molar-refractivity contribution is 7.89. The van der Waals surface area contributed by atoms with Gasteiger partial charge in [0.2, 0.25) is 10.0 Å². The average molecular weight is 339 g/mol. The molecule has 1 aliphatic rings. The SMILES string of the molecule is CN(C)CCNS(=O)(=O)c1cccc(C(=O)NC2CCCC2)c1. The maximum absolute atomic E-state index is 12.3. The summed E-state index contributed by atoms with van der Waals surface area (Å²) in [7, 11) is 0.159. The lowest BCUT2D eigenvalue weighted by atomic mass is 10.2. The maximum atomic E-state index is 12.3. The molecule has 1 aliphatic carbocycles. The summed E-state index contributed by atoms with van der Waals surface area (Å²) in [6.45, 7) is 0.939. The number of likely N-dealkylation sites (N-methyl/N-ethyl adjacent to an activating group) is 1. The predicted molar refractivity (Wildman–Crippen MR) is 89.9 cm³/mol. The molecular formula is C16H25N3O3S. The van der Waals surface area contributed by atoms with E-state index in [0.717, 1.165) is 25.7 Å². The molecule has 1 saturated carbocycles. The predicted octanol–water partition coefficient (Wildman–Crippen LogP) is 1.20. The van der Waals surface area contributed by atoms with Crippen molar-refractivity contribution in [3.8, 4) is 0 Å². The second-order valence-electron chi connectivity index (χ2n) is 6.18. The van der Waals surface area contributed by atoms with E-state index in [1.54, 1.807) is 12.1 Å². The van der Waals surface area contributed by atoms with E-state index in [0.29, 0.717) is 18.7 Å². The van der Waals surface area contributed by atoms with E-state index in [1.807, 2.05) is 19.0 Å². The first-order valence-corrected chi connectivity index (χ1v) is 9.42. The van der Waals surface area contributed by atoms with E-state index >= 15 is 0 Å². The van der Waals surface area contributed by atoms with Gasteiger partial charge in [0.1, 0.15) is 0 Å². The van der Waals surface area contributed by atoms with Gasteiger partial charge in [0.25, 0.3) is 5.91 Å². The number of hydrogen-bond donors (Lipinski definition) is 2. The van der Waals surface area contributed by atoms with Crippen LogP contribution in [0.4, 0.5) is 0 Å². The summed E-state index contributed by atoms with van der Waals surface area (Å²) >= 11 is 0. The van der Waals surface area contributed by atoms with Crippen molar-refractivity contribution < 1.29 is 13.2 Å². The normalized spacial score (nSPS) is 16.0. The van der Waals surface area contributed by atoms with Gasteiger partial charge in [-0.3, -0.25) is 4.79 Å². The van der Waals surface area contributed by atoms with Crippen LogP contribution < -0.4 is 10.0 Å². The van der Waals surface area contributed by atoms with Crippen LogP contribution in [0, 0.1) is 0 Å². The highest BCUT2D eigenvalue weighted by atomic mass is 32.2. The highest BCUT2D eigenvalue weighted by Crippen LogP contribution is 2.18. The molecule has 0 heterocycles. The minimum atomic E-state index is -3.60. The minimum absolute atomic E-state index is 0.121. The van der Waals surface area contributed by atoms with Crippen molar-refractivity contribution in [2.45, 2.75) is 36.6 Å². The van der Waals surface area contributed by atoms with Gasteiger partial charge in [-0.05, 0) is 45.1 Å². The van der Waals surface area contributed by atoms with Gasteiger partial charge in [-0.15, -0.1) is 0 Å². The van der Waals surface area contributed by atoms with Gasteiger partial charge in [-0.25, -0.2) is 13.1 Å². The number of nitrogens with zero attached hydrogens (tertiary/aromatic N) is 1. The Bertz CT molecular complexity index is 638. The molecule has 1 amide bonds. The summed E-state index contributed by atoms with van der Waals surface area (Å²) in [5.41, 5.74) is 0.382. The number of amides is 1. The monoisotopic (exact) mass is 339 g/mol. The molecule has 0 unspecified atom stereocenters. The van der Waals surface area contributed by atoms with Crippen molar-refractivity contribution in [2.24, 2.45) is 0 Å². The Hall–Kier alpha value is -1.44. The first-order chi connectivity index (χ1) is 10.9. The Labute approximate surface area is 138 Å². The molecule has 0 aromatic heterocycles. The van der Waals surface area contributed by atoms with E-state index in [9.17, 15) is 13.2 Å². The zero-order valence-electron chi connectivity index (χ0n) is 13.7. The lowest BCUT2D eigenvalue weighted by Crippen LogP contribution is -2.33. The quantitative estimate of drug-likeness (QED) is 0.782. The van der Waals surface area contributed by atoms with Crippen molar-refractivity contribution in [1.82, 2.24) is 14.9 Å². The molecule has 0 atom stereocenters. The molecule has 2 rings (SSSR count). The molecule has 1 fully saturated rings. The molecule has 0 radical (unpaired) electrons. The van der Waals surface area contributed by atoms with Crippen LogP contribution in [0.3, 0.4) is 0 Å². The summed E-state index contributed by atoms with van der Waals surface area (Å²) in [6, 6.07) is 6.39. The number of sulfonamides is 1. The van der Waals surface area contributed by atoms with Crippen LogP contribution in [0.15, 0.2) is 29.2 Å². The minimum Gasteiger partial charge on any atom is -0.349 e. The van der Waals surface area contributed by atoms with Crippen molar-refractivity contribution in [3.05, 3.63) is 29.8 Å².